The topological polar surface area (TPSA) is 107 Å². The Balaban J connectivity index is 1.45. The molecule has 3 fully saturated rings. The van der Waals surface area contributed by atoms with Crippen molar-refractivity contribution in [3.05, 3.63) is 28.3 Å². The molecule has 0 saturated carbocycles. The van der Waals surface area contributed by atoms with Crippen LogP contribution in [0, 0.1) is 16.0 Å². The molecule has 33 heavy (non-hydrogen) atoms. The number of benzene rings is 1. The molecular weight excluding hydrogens is 446 g/mol. The summed E-state index contributed by atoms with van der Waals surface area (Å²) in [5.74, 6) is 0.421. The first kappa shape index (κ1) is 23.9. The van der Waals surface area contributed by atoms with Crippen molar-refractivity contribution in [2.45, 2.75) is 37.5 Å². The molecule has 0 bridgehead atoms. The standard InChI is InChI=1S/C22H33N5O5S/c1-18-5-4-10-26(16-18)33(31,32)19-6-7-20(21(15-19)27(29)30)24-13-11-23(12-14-24)17-22(28)25-8-2-3-9-25/h6-7,15,18H,2-5,8-14,16-17H2,1H3. The summed E-state index contributed by atoms with van der Waals surface area (Å²) in [6.07, 6.45) is 3.91. The number of hydrogen-bond acceptors (Lipinski definition) is 7. The van der Waals surface area contributed by atoms with Crippen molar-refractivity contribution in [2.75, 3.05) is 63.8 Å². The number of nitro groups is 1. The van der Waals surface area contributed by atoms with E-state index in [1.807, 2.05) is 16.7 Å². The van der Waals surface area contributed by atoms with E-state index in [1.165, 1.54) is 16.4 Å². The van der Waals surface area contributed by atoms with Crippen molar-refractivity contribution >= 4 is 27.3 Å². The van der Waals surface area contributed by atoms with Gasteiger partial charge in [0.25, 0.3) is 5.69 Å². The van der Waals surface area contributed by atoms with Crippen molar-refractivity contribution in [1.29, 1.82) is 0 Å². The molecule has 10 nitrogen and oxygen atoms in total. The van der Waals surface area contributed by atoms with Crippen molar-refractivity contribution in [2.24, 2.45) is 5.92 Å². The Morgan fingerprint density at radius 1 is 1.06 bits per heavy atom. The Kier molecular flexibility index (Phi) is 7.20. The van der Waals surface area contributed by atoms with Gasteiger partial charge in [0, 0.05) is 58.4 Å². The first-order valence-electron chi connectivity index (χ1n) is 11.8. The summed E-state index contributed by atoms with van der Waals surface area (Å²) in [6.45, 7) is 7.29. The van der Waals surface area contributed by atoms with Crippen LogP contribution in [0.15, 0.2) is 23.1 Å². The Morgan fingerprint density at radius 3 is 2.39 bits per heavy atom. The average Bonchev–Trinajstić information content (AvgIpc) is 3.34. The second-order valence-corrected chi connectivity index (χ2v) is 11.3. The first-order valence-corrected chi connectivity index (χ1v) is 13.2. The fourth-order valence-electron chi connectivity index (χ4n) is 5.00. The number of anilines is 1. The van der Waals surface area contributed by atoms with Gasteiger partial charge in [0.05, 0.1) is 16.4 Å². The van der Waals surface area contributed by atoms with Crippen LogP contribution in [0.2, 0.25) is 0 Å². The number of amides is 1. The van der Waals surface area contributed by atoms with Gasteiger partial charge < -0.3 is 9.80 Å². The van der Waals surface area contributed by atoms with E-state index in [4.69, 9.17) is 0 Å². The second kappa shape index (κ2) is 9.94. The maximum absolute atomic E-state index is 13.1. The number of carbonyl (C=O) groups is 1. The lowest BCUT2D eigenvalue weighted by atomic mass is 10.0. The zero-order valence-corrected chi connectivity index (χ0v) is 20.0. The van der Waals surface area contributed by atoms with Crippen molar-refractivity contribution in [3.8, 4) is 0 Å². The molecule has 1 amide bonds. The number of nitrogens with zero attached hydrogens (tertiary/aromatic N) is 5. The van der Waals surface area contributed by atoms with Gasteiger partial charge in [0.2, 0.25) is 15.9 Å². The molecule has 1 atom stereocenters. The van der Waals surface area contributed by atoms with E-state index in [0.717, 1.165) is 38.8 Å². The molecule has 1 unspecified atom stereocenters. The number of likely N-dealkylation sites (tertiary alicyclic amines) is 1. The SMILES string of the molecule is CC1CCCN(S(=O)(=O)c2ccc(N3CCN(CC(=O)N4CCCC4)CC3)c([N+](=O)[O-])c2)C1. The fourth-order valence-corrected chi connectivity index (χ4v) is 6.61. The van der Waals surface area contributed by atoms with Crippen LogP contribution in [-0.2, 0) is 14.8 Å². The molecular formula is C22H33N5O5S. The quantitative estimate of drug-likeness (QED) is 0.452. The molecule has 1 aromatic carbocycles. The third-order valence-electron chi connectivity index (χ3n) is 6.93. The number of hydrogen-bond donors (Lipinski definition) is 0. The molecule has 0 aromatic heterocycles. The molecule has 4 rings (SSSR count). The summed E-state index contributed by atoms with van der Waals surface area (Å²) in [7, 11) is -3.77. The number of piperidine rings is 1. The molecule has 0 N–H and O–H groups in total. The average molecular weight is 480 g/mol. The van der Waals surface area contributed by atoms with Crippen molar-refractivity contribution in [1.82, 2.24) is 14.1 Å². The zero-order chi connectivity index (χ0) is 23.6. The summed E-state index contributed by atoms with van der Waals surface area (Å²) in [5, 5.41) is 11.8. The van der Waals surface area contributed by atoms with Crippen molar-refractivity contribution < 1.29 is 18.1 Å². The van der Waals surface area contributed by atoms with E-state index >= 15 is 0 Å². The largest absolute Gasteiger partial charge is 0.363 e. The molecule has 3 aliphatic rings. The van der Waals surface area contributed by atoms with Crippen LogP contribution in [0.5, 0.6) is 0 Å². The van der Waals surface area contributed by atoms with Gasteiger partial charge >= 0.3 is 0 Å². The van der Waals surface area contributed by atoms with E-state index in [2.05, 4.69) is 4.90 Å². The normalized spacial score (nSPS) is 23.1. The first-order chi connectivity index (χ1) is 15.8. The van der Waals surface area contributed by atoms with E-state index < -0.39 is 14.9 Å². The highest BCUT2D eigenvalue weighted by Crippen LogP contribution is 2.33. The molecule has 0 spiro atoms. The minimum atomic E-state index is -3.77. The van der Waals surface area contributed by atoms with Crippen LogP contribution < -0.4 is 4.90 Å². The van der Waals surface area contributed by atoms with Crippen molar-refractivity contribution in [3.63, 3.8) is 0 Å². The van der Waals surface area contributed by atoms with Crippen LogP contribution >= 0.6 is 0 Å². The van der Waals surface area contributed by atoms with E-state index in [1.54, 1.807) is 6.07 Å². The van der Waals surface area contributed by atoms with Crippen LogP contribution in [0.25, 0.3) is 0 Å². The van der Waals surface area contributed by atoms with Gasteiger partial charge in [-0.2, -0.15) is 4.31 Å². The predicted molar refractivity (Wildman–Crippen MR) is 125 cm³/mol. The lowest BCUT2D eigenvalue weighted by Crippen LogP contribution is -2.50. The third kappa shape index (κ3) is 5.30. The monoisotopic (exact) mass is 479 g/mol. The molecule has 3 saturated heterocycles. The van der Waals surface area contributed by atoms with Gasteiger partial charge in [0.1, 0.15) is 5.69 Å². The van der Waals surface area contributed by atoms with E-state index in [-0.39, 0.29) is 22.4 Å². The highest BCUT2D eigenvalue weighted by Gasteiger charge is 2.32. The Bertz CT molecular complexity index is 987. The highest BCUT2D eigenvalue weighted by atomic mass is 32.2. The lowest BCUT2D eigenvalue weighted by molar-refractivity contribution is -0.384. The summed E-state index contributed by atoms with van der Waals surface area (Å²) < 4.78 is 27.6. The van der Waals surface area contributed by atoms with Gasteiger partial charge in [0.15, 0.2) is 0 Å². The molecule has 182 valence electrons. The maximum atomic E-state index is 13.1. The molecule has 0 radical (unpaired) electrons. The second-order valence-electron chi connectivity index (χ2n) is 9.37. The number of piperazine rings is 1. The predicted octanol–water partition coefficient (Wildman–Crippen LogP) is 1.76. The summed E-state index contributed by atoms with van der Waals surface area (Å²) >= 11 is 0. The summed E-state index contributed by atoms with van der Waals surface area (Å²) in [6, 6.07) is 4.25. The van der Waals surface area contributed by atoms with Crippen LogP contribution in [0.3, 0.4) is 0 Å². The highest BCUT2D eigenvalue weighted by molar-refractivity contribution is 7.89. The van der Waals surface area contributed by atoms with Gasteiger partial charge in [-0.05, 0) is 43.7 Å². The Morgan fingerprint density at radius 2 is 1.76 bits per heavy atom. The lowest BCUT2D eigenvalue weighted by Gasteiger charge is -2.36. The molecule has 3 aliphatic heterocycles. The molecule has 11 heteroatoms. The van der Waals surface area contributed by atoms with Gasteiger partial charge in [-0.25, -0.2) is 8.42 Å². The fraction of sp³-hybridized carbons (Fsp3) is 0.682. The minimum absolute atomic E-state index is 0.0260. The third-order valence-corrected chi connectivity index (χ3v) is 8.79. The zero-order valence-electron chi connectivity index (χ0n) is 19.2. The number of rotatable bonds is 6. The van der Waals surface area contributed by atoms with Gasteiger partial charge in [-0.1, -0.05) is 6.92 Å². The maximum Gasteiger partial charge on any atom is 0.293 e. The number of sulfonamides is 1. The minimum Gasteiger partial charge on any atom is -0.363 e. The van der Waals surface area contributed by atoms with Gasteiger partial charge in [-0.3, -0.25) is 19.8 Å². The summed E-state index contributed by atoms with van der Waals surface area (Å²) in [4.78, 5) is 29.6. The molecule has 3 heterocycles. The van der Waals surface area contributed by atoms with Crippen LogP contribution in [0.4, 0.5) is 11.4 Å². The Hall–Kier alpha value is -2.24. The summed E-state index contributed by atoms with van der Waals surface area (Å²) in [5.41, 5.74) is 0.235. The number of carbonyl (C=O) groups excluding carboxylic acids is 1. The number of nitro benzene ring substituents is 1. The molecule has 0 aliphatic carbocycles. The van der Waals surface area contributed by atoms with Crippen LogP contribution in [0.1, 0.15) is 32.6 Å². The molecule has 1 aromatic rings. The van der Waals surface area contributed by atoms with E-state index in [9.17, 15) is 23.3 Å². The smallest absolute Gasteiger partial charge is 0.293 e. The van der Waals surface area contributed by atoms with E-state index in [0.29, 0.717) is 51.5 Å². The van der Waals surface area contributed by atoms with Crippen LogP contribution in [-0.4, -0.2) is 92.3 Å². The van der Waals surface area contributed by atoms with Gasteiger partial charge in [-0.15, -0.1) is 0 Å². The Labute approximate surface area is 195 Å².